The van der Waals surface area contributed by atoms with Crippen LogP contribution in [0.4, 0.5) is 0 Å². The van der Waals surface area contributed by atoms with E-state index in [2.05, 4.69) is 12.1 Å². The Hall–Kier alpha value is -1.61. The van der Waals surface area contributed by atoms with Gasteiger partial charge in [0.1, 0.15) is 5.75 Å². The van der Waals surface area contributed by atoms with Gasteiger partial charge < -0.3 is 4.74 Å². The molecule has 2 aromatic rings. The van der Waals surface area contributed by atoms with Gasteiger partial charge in [-0.05, 0) is 41.5 Å². The van der Waals surface area contributed by atoms with Crippen molar-refractivity contribution in [2.45, 2.75) is 12.3 Å². The third kappa shape index (κ3) is 2.06. The van der Waals surface area contributed by atoms with E-state index in [9.17, 15) is 4.79 Å². The number of methoxy groups -OCH3 is 1. The monoisotopic (exact) mass is 258 g/mol. The lowest BCUT2D eigenvalue weighted by Crippen LogP contribution is -2.00. The van der Waals surface area contributed by atoms with Crippen molar-refractivity contribution in [2.75, 3.05) is 7.11 Å². The minimum Gasteiger partial charge on any atom is -0.497 e. The minimum absolute atomic E-state index is 0.178. The minimum atomic E-state index is 0.178. The smallest absolute Gasteiger partial charge is 0.176 e. The van der Waals surface area contributed by atoms with Crippen LogP contribution in [0.25, 0.3) is 0 Å². The number of hydrogen-bond acceptors (Lipinski definition) is 3. The fourth-order valence-electron chi connectivity index (χ4n) is 2.31. The maximum absolute atomic E-state index is 12.2. The van der Waals surface area contributed by atoms with Crippen molar-refractivity contribution in [2.24, 2.45) is 5.92 Å². The summed E-state index contributed by atoms with van der Waals surface area (Å²) in [6.45, 7) is 0. The maximum Gasteiger partial charge on any atom is 0.176 e. The van der Waals surface area contributed by atoms with Gasteiger partial charge in [-0.1, -0.05) is 18.2 Å². The van der Waals surface area contributed by atoms with Crippen LogP contribution in [0.5, 0.6) is 5.75 Å². The maximum atomic E-state index is 12.2. The number of carbonyl (C=O) groups excluding carboxylic acids is 1. The van der Waals surface area contributed by atoms with Crippen molar-refractivity contribution in [3.05, 3.63) is 52.2 Å². The summed E-state index contributed by atoms with van der Waals surface area (Å²) in [7, 11) is 1.66. The highest BCUT2D eigenvalue weighted by atomic mass is 32.1. The molecule has 0 N–H and O–H groups in total. The average molecular weight is 258 g/mol. The Morgan fingerprint density at radius 1 is 1.28 bits per heavy atom. The van der Waals surface area contributed by atoms with Gasteiger partial charge in [-0.3, -0.25) is 4.79 Å². The molecule has 0 aliphatic heterocycles. The molecule has 1 saturated carbocycles. The van der Waals surface area contributed by atoms with Crippen molar-refractivity contribution < 1.29 is 9.53 Å². The Bertz CT molecular complexity index is 542. The molecular weight excluding hydrogens is 244 g/mol. The summed E-state index contributed by atoms with van der Waals surface area (Å²) in [5, 5.41) is 1.96. The van der Waals surface area contributed by atoms with Crippen molar-refractivity contribution in [1.29, 1.82) is 0 Å². The first kappa shape index (κ1) is 11.5. The number of benzene rings is 1. The third-order valence-electron chi connectivity index (χ3n) is 3.44. The number of ether oxygens (including phenoxy) is 1. The van der Waals surface area contributed by atoms with Gasteiger partial charge in [0, 0.05) is 5.92 Å². The molecule has 0 radical (unpaired) electrons. The van der Waals surface area contributed by atoms with Crippen LogP contribution in [0.1, 0.15) is 27.6 Å². The molecule has 1 aliphatic carbocycles. The molecule has 1 aromatic heterocycles. The molecule has 0 spiro atoms. The highest BCUT2D eigenvalue weighted by molar-refractivity contribution is 7.12. The predicted octanol–water partition coefficient (Wildman–Crippen LogP) is 3.74. The topological polar surface area (TPSA) is 26.3 Å². The first-order valence-corrected chi connectivity index (χ1v) is 6.89. The van der Waals surface area contributed by atoms with Crippen LogP contribution in [-0.4, -0.2) is 12.9 Å². The number of ketones is 1. The molecule has 3 rings (SSSR count). The summed E-state index contributed by atoms with van der Waals surface area (Å²) >= 11 is 1.53. The lowest BCUT2D eigenvalue weighted by atomic mass is 10.1. The van der Waals surface area contributed by atoms with E-state index >= 15 is 0 Å². The summed E-state index contributed by atoms with van der Waals surface area (Å²) in [4.78, 5) is 13.0. The molecule has 2 unspecified atom stereocenters. The van der Waals surface area contributed by atoms with Crippen molar-refractivity contribution in [1.82, 2.24) is 0 Å². The molecule has 0 amide bonds. The zero-order valence-corrected chi connectivity index (χ0v) is 10.9. The number of Topliss-reactive ketones (excluding diaryl/α,β-unsaturated/α-hetero) is 1. The lowest BCUT2D eigenvalue weighted by molar-refractivity contribution is 0.0969. The number of carbonyl (C=O) groups is 1. The fourth-order valence-corrected chi connectivity index (χ4v) is 3.03. The van der Waals surface area contributed by atoms with E-state index in [4.69, 9.17) is 4.74 Å². The SMILES string of the molecule is COc1ccc(C2CC2C(=O)c2cccs2)cc1. The van der Waals surface area contributed by atoms with Crippen LogP contribution in [0.3, 0.4) is 0 Å². The summed E-state index contributed by atoms with van der Waals surface area (Å²) < 4.78 is 5.14. The van der Waals surface area contributed by atoms with E-state index < -0.39 is 0 Å². The normalized spacial score (nSPS) is 21.6. The molecule has 1 fully saturated rings. The van der Waals surface area contributed by atoms with Crippen LogP contribution in [0.2, 0.25) is 0 Å². The molecule has 92 valence electrons. The van der Waals surface area contributed by atoms with Gasteiger partial charge in [-0.25, -0.2) is 0 Å². The standard InChI is InChI=1S/C15H14O2S/c1-17-11-6-4-10(5-7-11)12-9-13(12)15(16)14-3-2-8-18-14/h2-8,12-13H,9H2,1H3. The molecule has 1 heterocycles. The van der Waals surface area contributed by atoms with Crippen LogP contribution >= 0.6 is 11.3 Å². The molecule has 3 heteroatoms. The third-order valence-corrected chi connectivity index (χ3v) is 4.32. The molecule has 2 atom stereocenters. The van der Waals surface area contributed by atoms with E-state index in [0.29, 0.717) is 11.7 Å². The van der Waals surface area contributed by atoms with Gasteiger partial charge in [0.05, 0.1) is 12.0 Å². The summed E-state index contributed by atoms with van der Waals surface area (Å²) in [5.74, 6) is 1.73. The Morgan fingerprint density at radius 2 is 2.06 bits per heavy atom. The predicted molar refractivity (Wildman–Crippen MR) is 72.5 cm³/mol. The first-order chi connectivity index (χ1) is 8.79. The largest absolute Gasteiger partial charge is 0.497 e. The Balaban J connectivity index is 1.71. The highest BCUT2D eigenvalue weighted by Gasteiger charge is 2.44. The second-order valence-electron chi connectivity index (χ2n) is 4.56. The summed E-state index contributed by atoms with van der Waals surface area (Å²) in [6.07, 6.45) is 0.975. The van der Waals surface area contributed by atoms with Crippen molar-refractivity contribution in [3.8, 4) is 5.75 Å². The quantitative estimate of drug-likeness (QED) is 0.781. The molecule has 1 aliphatic rings. The Morgan fingerprint density at radius 3 is 2.67 bits per heavy atom. The average Bonchev–Trinajstić information content (AvgIpc) is 3.03. The van der Waals surface area contributed by atoms with Gasteiger partial charge >= 0.3 is 0 Å². The van der Waals surface area contributed by atoms with Gasteiger partial charge in [0.25, 0.3) is 0 Å². The highest BCUT2D eigenvalue weighted by Crippen LogP contribution is 2.49. The molecule has 0 bridgehead atoms. The molecular formula is C15H14O2S. The lowest BCUT2D eigenvalue weighted by Gasteiger charge is -2.02. The number of rotatable bonds is 4. The van der Waals surface area contributed by atoms with Gasteiger partial charge in [-0.2, -0.15) is 0 Å². The van der Waals surface area contributed by atoms with E-state index in [1.165, 1.54) is 16.9 Å². The van der Waals surface area contributed by atoms with Crippen LogP contribution in [0.15, 0.2) is 41.8 Å². The Labute approximate surface area is 110 Å². The van der Waals surface area contributed by atoms with Crippen LogP contribution < -0.4 is 4.74 Å². The van der Waals surface area contributed by atoms with Crippen molar-refractivity contribution >= 4 is 17.1 Å². The van der Waals surface area contributed by atoms with Crippen LogP contribution in [-0.2, 0) is 0 Å². The van der Waals surface area contributed by atoms with E-state index in [-0.39, 0.29) is 5.92 Å². The first-order valence-electron chi connectivity index (χ1n) is 6.01. The summed E-state index contributed by atoms with van der Waals surface area (Å²) in [6, 6.07) is 11.9. The Kier molecular flexibility index (Phi) is 2.92. The van der Waals surface area contributed by atoms with Gasteiger partial charge in [-0.15, -0.1) is 11.3 Å². The van der Waals surface area contributed by atoms with E-state index in [1.807, 2.05) is 29.6 Å². The van der Waals surface area contributed by atoms with Gasteiger partial charge in [0.2, 0.25) is 0 Å². The van der Waals surface area contributed by atoms with Crippen LogP contribution in [0, 0.1) is 5.92 Å². The zero-order valence-electron chi connectivity index (χ0n) is 10.1. The number of hydrogen-bond donors (Lipinski definition) is 0. The second-order valence-corrected chi connectivity index (χ2v) is 5.51. The molecule has 2 nitrogen and oxygen atoms in total. The van der Waals surface area contributed by atoms with Gasteiger partial charge in [0.15, 0.2) is 5.78 Å². The van der Waals surface area contributed by atoms with E-state index in [0.717, 1.165) is 17.0 Å². The number of thiophene rings is 1. The van der Waals surface area contributed by atoms with Crippen molar-refractivity contribution in [3.63, 3.8) is 0 Å². The zero-order chi connectivity index (χ0) is 12.5. The molecule has 0 saturated heterocycles. The summed E-state index contributed by atoms with van der Waals surface area (Å²) in [5.41, 5.74) is 1.24. The second kappa shape index (κ2) is 4.58. The molecule has 1 aromatic carbocycles. The molecule has 18 heavy (non-hydrogen) atoms. The van der Waals surface area contributed by atoms with E-state index in [1.54, 1.807) is 7.11 Å². The fraction of sp³-hybridized carbons (Fsp3) is 0.267.